The zero-order valence-corrected chi connectivity index (χ0v) is 13.4. The lowest BCUT2D eigenvalue weighted by atomic mass is 10.1. The van der Waals surface area contributed by atoms with E-state index in [1.165, 1.54) is 11.3 Å². The second kappa shape index (κ2) is 7.82. The first-order chi connectivity index (χ1) is 10.6. The summed E-state index contributed by atoms with van der Waals surface area (Å²) in [4.78, 5) is 12.2. The Kier molecular flexibility index (Phi) is 5.80. The SMILES string of the molecule is COc1ccc(OC)c(CCNCc2ccc(C(=O)O)s2)c1. The van der Waals surface area contributed by atoms with E-state index in [1.807, 2.05) is 24.3 Å². The van der Waals surface area contributed by atoms with Crippen LogP contribution >= 0.6 is 11.3 Å². The standard InChI is InChI=1S/C16H19NO4S/c1-20-12-3-5-14(21-2)11(9-12)7-8-17-10-13-4-6-15(22-13)16(18)19/h3-6,9,17H,7-8,10H2,1-2H3,(H,18,19). The van der Waals surface area contributed by atoms with Crippen molar-refractivity contribution >= 4 is 17.3 Å². The Morgan fingerprint density at radius 1 is 1.23 bits per heavy atom. The summed E-state index contributed by atoms with van der Waals surface area (Å²) in [7, 11) is 3.29. The Morgan fingerprint density at radius 2 is 2.05 bits per heavy atom. The first kappa shape index (κ1) is 16.3. The number of rotatable bonds is 8. The van der Waals surface area contributed by atoms with Crippen LogP contribution in [0.25, 0.3) is 0 Å². The predicted molar refractivity (Wildman–Crippen MR) is 86.2 cm³/mol. The number of carboxylic acids is 1. The van der Waals surface area contributed by atoms with Crippen molar-refractivity contribution in [3.05, 3.63) is 45.6 Å². The summed E-state index contributed by atoms with van der Waals surface area (Å²) in [6.45, 7) is 1.42. The van der Waals surface area contributed by atoms with Crippen LogP contribution in [0.15, 0.2) is 30.3 Å². The van der Waals surface area contributed by atoms with Crippen LogP contribution in [0.1, 0.15) is 20.1 Å². The van der Waals surface area contributed by atoms with Gasteiger partial charge in [0.2, 0.25) is 0 Å². The maximum absolute atomic E-state index is 10.8. The highest BCUT2D eigenvalue weighted by atomic mass is 32.1. The Labute approximate surface area is 133 Å². The summed E-state index contributed by atoms with van der Waals surface area (Å²) in [5.74, 6) is 0.768. The zero-order chi connectivity index (χ0) is 15.9. The van der Waals surface area contributed by atoms with Crippen molar-refractivity contribution in [2.45, 2.75) is 13.0 Å². The van der Waals surface area contributed by atoms with Gasteiger partial charge in [-0.2, -0.15) is 0 Å². The molecule has 0 unspecified atom stereocenters. The van der Waals surface area contributed by atoms with Crippen molar-refractivity contribution in [2.24, 2.45) is 0 Å². The molecule has 0 fully saturated rings. The Bertz CT molecular complexity index is 639. The van der Waals surface area contributed by atoms with Crippen molar-refractivity contribution in [2.75, 3.05) is 20.8 Å². The monoisotopic (exact) mass is 321 g/mol. The minimum atomic E-state index is -0.877. The molecule has 0 bridgehead atoms. The molecule has 1 heterocycles. The molecule has 0 aliphatic carbocycles. The molecule has 1 aromatic heterocycles. The number of hydrogen-bond acceptors (Lipinski definition) is 5. The molecular weight excluding hydrogens is 302 g/mol. The predicted octanol–water partition coefficient (Wildman–Crippen LogP) is 2.80. The van der Waals surface area contributed by atoms with E-state index in [1.54, 1.807) is 20.3 Å². The third-order valence-electron chi connectivity index (χ3n) is 3.23. The van der Waals surface area contributed by atoms with E-state index in [9.17, 15) is 4.79 Å². The summed E-state index contributed by atoms with van der Waals surface area (Å²) in [6.07, 6.45) is 0.803. The van der Waals surface area contributed by atoms with Crippen LogP contribution in [0.2, 0.25) is 0 Å². The summed E-state index contributed by atoms with van der Waals surface area (Å²) in [5.41, 5.74) is 1.08. The number of carboxylic acid groups (broad SMARTS) is 1. The number of methoxy groups -OCH3 is 2. The van der Waals surface area contributed by atoms with Gasteiger partial charge >= 0.3 is 5.97 Å². The Hall–Kier alpha value is -2.05. The lowest BCUT2D eigenvalue weighted by Crippen LogP contribution is -2.16. The highest BCUT2D eigenvalue weighted by Gasteiger charge is 2.07. The number of nitrogens with one attached hydrogen (secondary N) is 1. The molecule has 0 atom stereocenters. The van der Waals surface area contributed by atoms with Crippen LogP contribution in [-0.4, -0.2) is 31.8 Å². The normalized spacial score (nSPS) is 10.5. The van der Waals surface area contributed by atoms with Crippen molar-refractivity contribution in [3.63, 3.8) is 0 Å². The molecule has 0 saturated heterocycles. The number of ether oxygens (including phenoxy) is 2. The van der Waals surface area contributed by atoms with Crippen molar-refractivity contribution in [3.8, 4) is 11.5 Å². The average molecular weight is 321 g/mol. The van der Waals surface area contributed by atoms with Crippen LogP contribution in [-0.2, 0) is 13.0 Å². The molecular formula is C16H19NO4S. The molecule has 1 aromatic carbocycles. The second-order valence-corrected chi connectivity index (χ2v) is 5.84. The third kappa shape index (κ3) is 4.22. The molecule has 6 heteroatoms. The first-order valence-corrected chi connectivity index (χ1v) is 7.69. The Morgan fingerprint density at radius 3 is 2.68 bits per heavy atom. The van der Waals surface area contributed by atoms with Crippen LogP contribution in [0.5, 0.6) is 11.5 Å². The summed E-state index contributed by atoms with van der Waals surface area (Å²) in [6, 6.07) is 9.21. The molecule has 22 heavy (non-hydrogen) atoms. The van der Waals surface area contributed by atoms with Gasteiger partial charge < -0.3 is 19.9 Å². The lowest BCUT2D eigenvalue weighted by molar-refractivity contribution is 0.0702. The zero-order valence-electron chi connectivity index (χ0n) is 12.6. The number of benzene rings is 1. The van der Waals surface area contributed by atoms with Gasteiger partial charge in [0.05, 0.1) is 14.2 Å². The third-order valence-corrected chi connectivity index (χ3v) is 4.30. The van der Waals surface area contributed by atoms with Gasteiger partial charge in [-0.3, -0.25) is 0 Å². The van der Waals surface area contributed by atoms with Crippen LogP contribution < -0.4 is 14.8 Å². The molecule has 0 amide bonds. The maximum Gasteiger partial charge on any atom is 0.345 e. The van der Waals surface area contributed by atoms with E-state index < -0.39 is 5.97 Å². The van der Waals surface area contributed by atoms with Gasteiger partial charge in [0.1, 0.15) is 16.4 Å². The van der Waals surface area contributed by atoms with Crippen molar-refractivity contribution < 1.29 is 19.4 Å². The average Bonchev–Trinajstić information content (AvgIpc) is 3.00. The van der Waals surface area contributed by atoms with Crippen molar-refractivity contribution in [1.29, 1.82) is 0 Å². The quantitative estimate of drug-likeness (QED) is 0.732. The molecule has 118 valence electrons. The molecule has 2 N–H and O–H groups in total. The second-order valence-electron chi connectivity index (χ2n) is 4.68. The molecule has 0 aliphatic rings. The van der Waals surface area contributed by atoms with Gasteiger partial charge in [-0.1, -0.05) is 0 Å². The van der Waals surface area contributed by atoms with Crippen LogP contribution in [0.4, 0.5) is 0 Å². The van der Waals surface area contributed by atoms with E-state index in [0.29, 0.717) is 11.4 Å². The first-order valence-electron chi connectivity index (χ1n) is 6.87. The molecule has 5 nitrogen and oxygen atoms in total. The van der Waals surface area contributed by atoms with Crippen LogP contribution in [0.3, 0.4) is 0 Å². The summed E-state index contributed by atoms with van der Waals surface area (Å²) in [5, 5.41) is 12.2. The van der Waals surface area contributed by atoms with Gasteiger partial charge in [-0.15, -0.1) is 11.3 Å². The minimum absolute atomic E-state index is 0.367. The van der Waals surface area contributed by atoms with Gasteiger partial charge in [-0.05, 0) is 48.9 Å². The van der Waals surface area contributed by atoms with Gasteiger partial charge in [0, 0.05) is 11.4 Å². The molecule has 0 aliphatic heterocycles. The van der Waals surface area contributed by atoms with E-state index >= 15 is 0 Å². The van der Waals surface area contributed by atoms with Crippen molar-refractivity contribution in [1.82, 2.24) is 5.32 Å². The molecule has 0 spiro atoms. The highest BCUT2D eigenvalue weighted by Crippen LogP contribution is 2.24. The molecule has 2 rings (SSSR count). The van der Waals surface area contributed by atoms with Gasteiger partial charge in [0.25, 0.3) is 0 Å². The van der Waals surface area contributed by atoms with Gasteiger partial charge in [0.15, 0.2) is 0 Å². The fourth-order valence-electron chi connectivity index (χ4n) is 2.10. The molecule has 0 saturated carbocycles. The highest BCUT2D eigenvalue weighted by molar-refractivity contribution is 7.13. The smallest absolute Gasteiger partial charge is 0.345 e. The number of carbonyl (C=O) groups is 1. The number of aromatic carboxylic acids is 1. The fraction of sp³-hybridized carbons (Fsp3) is 0.312. The Balaban J connectivity index is 1.86. The van der Waals surface area contributed by atoms with E-state index in [0.717, 1.165) is 34.9 Å². The van der Waals surface area contributed by atoms with E-state index in [-0.39, 0.29) is 0 Å². The van der Waals surface area contributed by atoms with E-state index in [2.05, 4.69) is 5.32 Å². The maximum atomic E-state index is 10.8. The summed E-state index contributed by atoms with van der Waals surface area (Å²) >= 11 is 1.29. The topological polar surface area (TPSA) is 67.8 Å². The van der Waals surface area contributed by atoms with E-state index in [4.69, 9.17) is 14.6 Å². The molecule has 0 radical (unpaired) electrons. The molecule has 2 aromatic rings. The van der Waals surface area contributed by atoms with Crippen LogP contribution in [0, 0.1) is 0 Å². The minimum Gasteiger partial charge on any atom is -0.497 e. The number of hydrogen-bond donors (Lipinski definition) is 2. The summed E-state index contributed by atoms with van der Waals surface area (Å²) < 4.78 is 10.6. The largest absolute Gasteiger partial charge is 0.497 e. The lowest BCUT2D eigenvalue weighted by Gasteiger charge is -2.10. The number of thiophene rings is 1. The van der Waals surface area contributed by atoms with Gasteiger partial charge in [-0.25, -0.2) is 4.79 Å². The fourth-order valence-corrected chi connectivity index (χ4v) is 2.92.